The fourth-order valence-corrected chi connectivity index (χ4v) is 3.87. The van der Waals surface area contributed by atoms with Gasteiger partial charge in [0.2, 0.25) is 11.8 Å². The minimum absolute atomic E-state index is 0.0789. The number of pyridine rings is 1. The van der Waals surface area contributed by atoms with Crippen molar-refractivity contribution in [1.82, 2.24) is 10.3 Å². The molecule has 1 aliphatic rings. The van der Waals surface area contributed by atoms with Gasteiger partial charge in [-0.25, -0.2) is 4.98 Å². The van der Waals surface area contributed by atoms with Gasteiger partial charge < -0.3 is 25.4 Å². The Kier molecular flexibility index (Phi) is 7.62. The van der Waals surface area contributed by atoms with E-state index in [4.69, 9.17) is 15.2 Å². The Labute approximate surface area is 204 Å². The first-order valence-electron chi connectivity index (χ1n) is 11.5. The van der Waals surface area contributed by atoms with E-state index in [1.54, 1.807) is 42.6 Å². The smallest absolute Gasteiger partial charge is 0.254 e. The molecule has 1 aromatic heterocycles. The van der Waals surface area contributed by atoms with Crippen LogP contribution in [-0.4, -0.2) is 35.9 Å². The van der Waals surface area contributed by atoms with Crippen molar-refractivity contribution < 1.29 is 19.1 Å². The normalized spacial score (nSPS) is 14.0. The number of amides is 2. The summed E-state index contributed by atoms with van der Waals surface area (Å²) in [5, 5.41) is 3.00. The lowest BCUT2D eigenvalue weighted by Crippen LogP contribution is -2.44. The van der Waals surface area contributed by atoms with E-state index in [0.29, 0.717) is 11.5 Å². The molecule has 3 aromatic rings. The molecule has 0 radical (unpaired) electrons. The molecular formula is C27H28N4O4. The van der Waals surface area contributed by atoms with E-state index in [-0.39, 0.29) is 23.4 Å². The summed E-state index contributed by atoms with van der Waals surface area (Å²) in [5.41, 5.74) is 6.62. The molecule has 0 bridgehead atoms. The molecule has 0 atom stereocenters. The number of primary amides is 1. The van der Waals surface area contributed by atoms with E-state index >= 15 is 0 Å². The molecule has 0 saturated carbocycles. The Balaban J connectivity index is 1.41. The average molecular weight is 473 g/mol. The van der Waals surface area contributed by atoms with Gasteiger partial charge >= 0.3 is 0 Å². The lowest BCUT2D eigenvalue weighted by atomic mass is 10.0. The van der Waals surface area contributed by atoms with Gasteiger partial charge in [-0.2, -0.15) is 0 Å². The van der Waals surface area contributed by atoms with Gasteiger partial charge in [-0.3, -0.25) is 9.59 Å². The van der Waals surface area contributed by atoms with Gasteiger partial charge in [-0.15, -0.1) is 0 Å². The van der Waals surface area contributed by atoms with Gasteiger partial charge in [0.25, 0.3) is 5.91 Å². The zero-order valence-electron chi connectivity index (χ0n) is 19.5. The topological polar surface area (TPSA) is 107 Å². The number of piperidine rings is 1. The Hall–Kier alpha value is -4.33. The molecule has 35 heavy (non-hydrogen) atoms. The Morgan fingerprint density at radius 3 is 2.26 bits per heavy atom. The van der Waals surface area contributed by atoms with Crippen molar-refractivity contribution in [3.05, 3.63) is 84.6 Å². The fourth-order valence-electron chi connectivity index (χ4n) is 3.87. The van der Waals surface area contributed by atoms with Crippen LogP contribution in [0.1, 0.15) is 30.1 Å². The second-order valence-electron chi connectivity index (χ2n) is 8.17. The van der Waals surface area contributed by atoms with Crippen molar-refractivity contribution in [3.8, 4) is 23.1 Å². The highest BCUT2D eigenvalue weighted by atomic mass is 16.5. The fraction of sp³-hybridized carbons (Fsp3) is 0.222. The molecule has 0 unspecified atom stereocenters. The van der Waals surface area contributed by atoms with Crippen LogP contribution in [0, 0.1) is 0 Å². The van der Waals surface area contributed by atoms with Crippen LogP contribution in [-0.2, 0) is 4.79 Å². The summed E-state index contributed by atoms with van der Waals surface area (Å²) in [7, 11) is 0. The number of allylic oxidation sites excluding steroid dienone is 1. The molecule has 2 amide bonds. The maximum atomic E-state index is 12.1. The van der Waals surface area contributed by atoms with E-state index in [2.05, 4.69) is 15.2 Å². The number of hydrogen-bond acceptors (Lipinski definition) is 6. The maximum Gasteiger partial charge on any atom is 0.254 e. The first-order chi connectivity index (χ1) is 17.0. The molecule has 2 aromatic carbocycles. The van der Waals surface area contributed by atoms with E-state index in [9.17, 15) is 9.59 Å². The maximum absolute atomic E-state index is 12.1. The Bertz CT molecular complexity index is 1190. The molecular weight excluding hydrogens is 444 g/mol. The summed E-state index contributed by atoms with van der Waals surface area (Å²) in [6.07, 6.45) is 6.51. The highest BCUT2D eigenvalue weighted by molar-refractivity contribution is 5.96. The van der Waals surface area contributed by atoms with E-state index in [0.717, 1.165) is 37.4 Å². The first-order valence-corrected chi connectivity index (χ1v) is 11.5. The number of nitrogens with two attached hydrogens (primary N) is 1. The van der Waals surface area contributed by atoms with Crippen molar-refractivity contribution in [2.75, 3.05) is 18.0 Å². The largest absolute Gasteiger partial charge is 0.457 e. The number of rotatable bonds is 8. The number of benzene rings is 2. The monoisotopic (exact) mass is 472 g/mol. The highest BCUT2D eigenvalue weighted by Crippen LogP contribution is 2.30. The van der Waals surface area contributed by atoms with Gasteiger partial charge in [0.15, 0.2) is 0 Å². The summed E-state index contributed by atoms with van der Waals surface area (Å²) in [4.78, 5) is 30.4. The van der Waals surface area contributed by atoms with Crippen molar-refractivity contribution in [2.24, 2.45) is 5.73 Å². The molecule has 2 heterocycles. The number of carbonyl (C=O) groups is 2. The summed E-state index contributed by atoms with van der Waals surface area (Å²) in [6.45, 7) is 3.27. The van der Waals surface area contributed by atoms with Crippen LogP contribution in [0.3, 0.4) is 0 Å². The van der Waals surface area contributed by atoms with Crippen LogP contribution >= 0.6 is 0 Å². The van der Waals surface area contributed by atoms with Crippen molar-refractivity contribution in [1.29, 1.82) is 0 Å². The van der Waals surface area contributed by atoms with Crippen LogP contribution in [0.15, 0.2) is 79.0 Å². The number of carbonyl (C=O) groups excluding carboxylic acids is 2. The first kappa shape index (κ1) is 23.8. The van der Waals surface area contributed by atoms with Crippen LogP contribution in [0.2, 0.25) is 0 Å². The molecule has 1 saturated heterocycles. The predicted octanol–water partition coefficient (Wildman–Crippen LogP) is 4.43. The van der Waals surface area contributed by atoms with Gasteiger partial charge in [0.1, 0.15) is 22.8 Å². The predicted molar refractivity (Wildman–Crippen MR) is 134 cm³/mol. The summed E-state index contributed by atoms with van der Waals surface area (Å²) in [6, 6.07) is 18.3. The number of nitrogens with one attached hydrogen (secondary N) is 1. The quantitative estimate of drug-likeness (QED) is 0.470. The number of nitrogens with zero attached hydrogens (tertiary/aromatic N) is 2. The third-order valence-corrected chi connectivity index (χ3v) is 5.64. The van der Waals surface area contributed by atoms with Gasteiger partial charge in [-0.1, -0.05) is 24.3 Å². The average Bonchev–Trinajstić information content (AvgIpc) is 2.87. The van der Waals surface area contributed by atoms with E-state index in [1.165, 1.54) is 6.08 Å². The molecule has 8 heteroatoms. The standard InChI is InChI=1S/C27H28N4O4/c1-2-6-25(32)30-19-13-15-31(16-14-19)20-17-24(26(28)33)27(29-18-20)35-23-11-9-22(10-12-23)34-21-7-4-3-5-8-21/h2-12,17-19H,13-16H2,1H3,(H2,28,33)(H,30,32)/b6-2+. The van der Waals surface area contributed by atoms with Crippen molar-refractivity contribution in [2.45, 2.75) is 25.8 Å². The Morgan fingerprint density at radius 1 is 1.00 bits per heavy atom. The van der Waals surface area contributed by atoms with E-state index in [1.807, 2.05) is 37.3 Å². The second kappa shape index (κ2) is 11.2. The number of para-hydroxylation sites is 1. The number of aromatic nitrogens is 1. The molecule has 3 N–H and O–H groups in total. The third kappa shape index (κ3) is 6.38. The minimum atomic E-state index is -0.619. The zero-order valence-corrected chi connectivity index (χ0v) is 19.5. The zero-order chi connectivity index (χ0) is 24.6. The van der Waals surface area contributed by atoms with Gasteiger partial charge in [0, 0.05) is 19.1 Å². The summed E-state index contributed by atoms with van der Waals surface area (Å²) in [5.74, 6) is 1.35. The summed E-state index contributed by atoms with van der Waals surface area (Å²) < 4.78 is 11.7. The third-order valence-electron chi connectivity index (χ3n) is 5.64. The molecule has 4 rings (SSSR count). The van der Waals surface area contributed by atoms with Crippen molar-refractivity contribution >= 4 is 17.5 Å². The van der Waals surface area contributed by atoms with Gasteiger partial charge in [0.05, 0.1) is 11.9 Å². The second-order valence-corrected chi connectivity index (χ2v) is 8.17. The highest BCUT2D eigenvalue weighted by Gasteiger charge is 2.22. The number of hydrogen-bond donors (Lipinski definition) is 2. The van der Waals surface area contributed by atoms with Crippen molar-refractivity contribution in [3.63, 3.8) is 0 Å². The lowest BCUT2D eigenvalue weighted by molar-refractivity contribution is -0.117. The van der Waals surface area contributed by atoms with E-state index < -0.39 is 5.91 Å². The lowest BCUT2D eigenvalue weighted by Gasteiger charge is -2.33. The van der Waals surface area contributed by atoms with Crippen LogP contribution in [0.5, 0.6) is 23.1 Å². The van der Waals surface area contributed by atoms with Crippen LogP contribution in [0.4, 0.5) is 5.69 Å². The van der Waals surface area contributed by atoms with Crippen LogP contribution < -0.4 is 25.4 Å². The molecule has 1 fully saturated rings. The molecule has 1 aliphatic heterocycles. The van der Waals surface area contributed by atoms with Gasteiger partial charge in [-0.05, 0) is 68.3 Å². The number of anilines is 1. The molecule has 8 nitrogen and oxygen atoms in total. The summed E-state index contributed by atoms with van der Waals surface area (Å²) >= 11 is 0. The Morgan fingerprint density at radius 2 is 1.63 bits per heavy atom. The molecule has 180 valence electrons. The number of ether oxygens (including phenoxy) is 2. The molecule has 0 spiro atoms. The minimum Gasteiger partial charge on any atom is -0.457 e. The van der Waals surface area contributed by atoms with Crippen LogP contribution in [0.25, 0.3) is 0 Å². The molecule has 0 aliphatic carbocycles. The SMILES string of the molecule is C/C=C/C(=O)NC1CCN(c2cnc(Oc3ccc(Oc4ccccc4)cc3)c(C(N)=O)c2)CC1.